The molecule has 0 aromatic rings. The van der Waals surface area contributed by atoms with E-state index in [4.69, 9.17) is 4.74 Å². The van der Waals surface area contributed by atoms with Gasteiger partial charge in [-0.2, -0.15) is 0 Å². The Balaban J connectivity index is 2.26. The van der Waals surface area contributed by atoms with E-state index >= 15 is 0 Å². The van der Waals surface area contributed by atoms with Gasteiger partial charge in [0.25, 0.3) is 0 Å². The zero-order chi connectivity index (χ0) is 9.84. The van der Waals surface area contributed by atoms with Gasteiger partial charge >= 0.3 is 5.97 Å². The molecule has 1 rings (SSSR count). The Hall–Kier alpha value is -0.600. The van der Waals surface area contributed by atoms with Crippen LogP contribution < -0.4 is 0 Å². The van der Waals surface area contributed by atoms with Crippen LogP contribution >= 0.6 is 0 Å². The van der Waals surface area contributed by atoms with Crippen molar-refractivity contribution in [2.75, 3.05) is 0 Å². The molecule has 0 bridgehead atoms. The van der Waals surface area contributed by atoms with Gasteiger partial charge in [-0.25, -0.2) is 4.39 Å². The summed E-state index contributed by atoms with van der Waals surface area (Å²) in [6, 6.07) is 0. The van der Waals surface area contributed by atoms with E-state index in [1.807, 2.05) is 13.8 Å². The minimum absolute atomic E-state index is 0.0399. The number of rotatable bonds is 2. The van der Waals surface area contributed by atoms with Gasteiger partial charge in [-0.1, -0.05) is 13.8 Å². The summed E-state index contributed by atoms with van der Waals surface area (Å²) in [7, 11) is 0. The summed E-state index contributed by atoms with van der Waals surface area (Å²) < 4.78 is 17.9. The first kappa shape index (κ1) is 10.5. The summed E-state index contributed by atoms with van der Waals surface area (Å²) >= 11 is 0. The molecule has 1 aliphatic carbocycles. The summed E-state index contributed by atoms with van der Waals surface area (Å²) in [5.74, 6) is -0.245. The Bertz CT molecular complexity index is 172. The Morgan fingerprint density at radius 1 is 1.31 bits per heavy atom. The molecule has 0 aliphatic heterocycles. The van der Waals surface area contributed by atoms with E-state index in [1.54, 1.807) is 0 Å². The molecule has 0 N–H and O–H groups in total. The second kappa shape index (κ2) is 4.58. The molecule has 0 unspecified atom stereocenters. The highest BCUT2D eigenvalue weighted by atomic mass is 19.1. The van der Waals surface area contributed by atoms with Crippen LogP contribution in [0.2, 0.25) is 0 Å². The largest absolute Gasteiger partial charge is 0.462 e. The number of carbonyl (C=O) groups is 1. The van der Waals surface area contributed by atoms with Gasteiger partial charge in [-0.3, -0.25) is 4.79 Å². The molecule has 0 atom stereocenters. The molecular weight excluding hydrogens is 171 g/mol. The van der Waals surface area contributed by atoms with Crippen LogP contribution in [-0.4, -0.2) is 18.2 Å². The van der Waals surface area contributed by atoms with Crippen molar-refractivity contribution in [2.24, 2.45) is 5.92 Å². The summed E-state index contributed by atoms with van der Waals surface area (Å²) in [5, 5.41) is 0. The first-order chi connectivity index (χ1) is 6.09. The lowest BCUT2D eigenvalue weighted by Gasteiger charge is -2.24. The van der Waals surface area contributed by atoms with Crippen molar-refractivity contribution < 1.29 is 13.9 Å². The molecule has 1 fully saturated rings. The smallest absolute Gasteiger partial charge is 0.308 e. The molecule has 0 aromatic heterocycles. The Labute approximate surface area is 78.5 Å². The van der Waals surface area contributed by atoms with Crippen molar-refractivity contribution in [1.82, 2.24) is 0 Å². The Kier molecular flexibility index (Phi) is 3.70. The number of carbonyl (C=O) groups excluding carboxylic acids is 1. The van der Waals surface area contributed by atoms with Crippen LogP contribution in [0.4, 0.5) is 4.39 Å². The number of ether oxygens (including phenoxy) is 1. The van der Waals surface area contributed by atoms with Crippen LogP contribution in [0, 0.1) is 5.92 Å². The van der Waals surface area contributed by atoms with Gasteiger partial charge in [0.1, 0.15) is 12.3 Å². The first-order valence-corrected chi connectivity index (χ1v) is 4.94. The van der Waals surface area contributed by atoms with Crippen molar-refractivity contribution in [3.63, 3.8) is 0 Å². The van der Waals surface area contributed by atoms with Crippen molar-refractivity contribution in [2.45, 2.75) is 51.8 Å². The van der Waals surface area contributed by atoms with Crippen LogP contribution in [-0.2, 0) is 9.53 Å². The standard InChI is InChI=1S/C10H17FO2/c1-7(2)10(12)13-9-5-3-8(11)4-6-9/h7-9H,3-6H2,1-2H3. The average molecular weight is 188 g/mol. The van der Waals surface area contributed by atoms with Crippen molar-refractivity contribution in [3.8, 4) is 0 Å². The molecule has 1 saturated carbocycles. The van der Waals surface area contributed by atoms with Gasteiger partial charge in [-0.05, 0) is 25.7 Å². The molecule has 0 aromatic carbocycles. The zero-order valence-electron chi connectivity index (χ0n) is 8.25. The first-order valence-electron chi connectivity index (χ1n) is 4.94. The summed E-state index contributed by atoms with van der Waals surface area (Å²) in [5.41, 5.74) is 0. The molecule has 0 spiro atoms. The molecule has 0 amide bonds. The predicted octanol–water partition coefficient (Wildman–Crippen LogP) is 2.47. The van der Waals surface area contributed by atoms with Gasteiger partial charge in [0.2, 0.25) is 0 Å². The molecule has 76 valence electrons. The van der Waals surface area contributed by atoms with Crippen LogP contribution in [0.15, 0.2) is 0 Å². The molecule has 0 heterocycles. The fourth-order valence-electron chi connectivity index (χ4n) is 1.44. The number of halogens is 1. The third-order valence-electron chi connectivity index (χ3n) is 2.36. The third kappa shape index (κ3) is 3.33. The minimum atomic E-state index is -0.686. The van der Waals surface area contributed by atoms with Crippen molar-refractivity contribution in [3.05, 3.63) is 0 Å². The topological polar surface area (TPSA) is 26.3 Å². The molecule has 0 radical (unpaired) electrons. The van der Waals surface area contributed by atoms with E-state index in [2.05, 4.69) is 0 Å². The van der Waals surface area contributed by atoms with Gasteiger partial charge in [-0.15, -0.1) is 0 Å². The highest BCUT2D eigenvalue weighted by Crippen LogP contribution is 2.23. The van der Waals surface area contributed by atoms with Crippen LogP contribution in [0.25, 0.3) is 0 Å². The van der Waals surface area contributed by atoms with Crippen molar-refractivity contribution >= 4 is 5.97 Å². The minimum Gasteiger partial charge on any atom is -0.462 e. The third-order valence-corrected chi connectivity index (χ3v) is 2.36. The van der Waals surface area contributed by atoms with E-state index in [1.165, 1.54) is 0 Å². The molecule has 1 aliphatic rings. The van der Waals surface area contributed by atoms with Crippen LogP contribution in [0.3, 0.4) is 0 Å². The number of esters is 1. The summed E-state index contributed by atoms with van der Waals surface area (Å²) in [6.45, 7) is 3.62. The summed E-state index contributed by atoms with van der Waals surface area (Å²) in [4.78, 5) is 11.2. The molecule has 13 heavy (non-hydrogen) atoms. The fraction of sp³-hybridized carbons (Fsp3) is 0.900. The Morgan fingerprint density at radius 3 is 2.31 bits per heavy atom. The average Bonchev–Trinajstić information content (AvgIpc) is 2.08. The number of hydrogen-bond acceptors (Lipinski definition) is 2. The predicted molar refractivity (Wildman–Crippen MR) is 48.1 cm³/mol. The second-order valence-electron chi connectivity index (χ2n) is 3.97. The van der Waals surface area contributed by atoms with E-state index < -0.39 is 6.17 Å². The van der Waals surface area contributed by atoms with E-state index in [0.717, 1.165) is 0 Å². The maximum atomic E-state index is 12.7. The van der Waals surface area contributed by atoms with Gasteiger partial charge in [0, 0.05) is 0 Å². The van der Waals surface area contributed by atoms with Gasteiger partial charge in [0.05, 0.1) is 5.92 Å². The summed E-state index contributed by atoms with van der Waals surface area (Å²) in [6.07, 6.45) is 1.71. The number of hydrogen-bond donors (Lipinski definition) is 0. The van der Waals surface area contributed by atoms with E-state index in [9.17, 15) is 9.18 Å². The monoisotopic (exact) mass is 188 g/mol. The maximum absolute atomic E-state index is 12.7. The van der Waals surface area contributed by atoms with E-state index in [0.29, 0.717) is 25.7 Å². The molecule has 3 heteroatoms. The van der Waals surface area contributed by atoms with Crippen molar-refractivity contribution in [1.29, 1.82) is 0 Å². The normalized spacial score (nSPS) is 28.9. The fourth-order valence-corrected chi connectivity index (χ4v) is 1.44. The lowest BCUT2D eigenvalue weighted by molar-refractivity contribution is -0.154. The van der Waals surface area contributed by atoms with Gasteiger partial charge in [0.15, 0.2) is 0 Å². The van der Waals surface area contributed by atoms with Crippen LogP contribution in [0.5, 0.6) is 0 Å². The maximum Gasteiger partial charge on any atom is 0.308 e. The molecular formula is C10H17FO2. The lowest BCUT2D eigenvalue weighted by atomic mass is 9.96. The van der Waals surface area contributed by atoms with Crippen LogP contribution in [0.1, 0.15) is 39.5 Å². The zero-order valence-corrected chi connectivity index (χ0v) is 8.25. The molecule has 2 nitrogen and oxygen atoms in total. The SMILES string of the molecule is CC(C)C(=O)OC1CCC(F)CC1. The lowest BCUT2D eigenvalue weighted by Crippen LogP contribution is -2.26. The highest BCUT2D eigenvalue weighted by Gasteiger charge is 2.24. The Morgan fingerprint density at radius 2 is 1.85 bits per heavy atom. The van der Waals surface area contributed by atoms with E-state index in [-0.39, 0.29) is 18.0 Å². The van der Waals surface area contributed by atoms with Gasteiger partial charge < -0.3 is 4.74 Å². The quantitative estimate of drug-likeness (QED) is 0.622. The highest BCUT2D eigenvalue weighted by molar-refractivity contribution is 5.71. The second-order valence-corrected chi connectivity index (χ2v) is 3.97. The number of alkyl halides is 1. The molecule has 0 saturated heterocycles.